The van der Waals surface area contributed by atoms with E-state index in [1.54, 1.807) is 49.4 Å². The molecule has 4 rings (SSSR count). The Bertz CT molecular complexity index is 959. The van der Waals surface area contributed by atoms with Gasteiger partial charge in [0.15, 0.2) is 0 Å². The Morgan fingerprint density at radius 1 is 1.10 bits per heavy atom. The maximum Gasteiger partial charge on any atom is 0.326 e. The number of aromatic hydroxyl groups is 1. The van der Waals surface area contributed by atoms with E-state index in [1.807, 2.05) is 0 Å². The number of fused-ring (bicyclic) bond motifs is 1. The van der Waals surface area contributed by atoms with Crippen molar-refractivity contribution in [2.24, 2.45) is 11.8 Å². The monoisotopic (exact) mass is 394 g/mol. The first-order valence-corrected chi connectivity index (χ1v) is 9.52. The third-order valence-corrected chi connectivity index (χ3v) is 6.03. The van der Waals surface area contributed by atoms with Gasteiger partial charge in [-0.2, -0.15) is 0 Å². The smallest absolute Gasteiger partial charge is 0.326 e. The number of phenolic OH excluding ortho intramolecular Hbond substituents is 1. The number of rotatable bonds is 4. The van der Waals surface area contributed by atoms with E-state index in [9.17, 15) is 19.5 Å². The second-order valence-corrected chi connectivity index (χ2v) is 7.38. The molecule has 0 saturated carbocycles. The number of anilines is 1. The second-order valence-electron chi connectivity index (χ2n) is 7.38. The van der Waals surface area contributed by atoms with Crippen LogP contribution in [0.3, 0.4) is 0 Å². The zero-order valence-corrected chi connectivity index (χ0v) is 16.2. The van der Waals surface area contributed by atoms with Crippen LogP contribution in [0.1, 0.15) is 24.9 Å². The number of imide groups is 1. The molecule has 7 heteroatoms. The van der Waals surface area contributed by atoms with E-state index in [2.05, 4.69) is 5.32 Å². The molecule has 2 aromatic rings. The third kappa shape index (κ3) is 2.73. The van der Waals surface area contributed by atoms with E-state index in [4.69, 9.17) is 4.74 Å². The summed E-state index contributed by atoms with van der Waals surface area (Å²) in [6.45, 7) is 1.79. The molecule has 2 aliphatic rings. The van der Waals surface area contributed by atoms with Gasteiger partial charge in [0.25, 0.3) is 0 Å². The lowest BCUT2D eigenvalue weighted by molar-refractivity contribution is -0.152. The topological polar surface area (TPSA) is 95.9 Å². The van der Waals surface area contributed by atoms with Crippen molar-refractivity contribution in [3.63, 3.8) is 0 Å². The molecule has 2 fully saturated rings. The zero-order valence-electron chi connectivity index (χ0n) is 16.2. The molecule has 0 aromatic heterocycles. The van der Waals surface area contributed by atoms with Crippen LogP contribution in [0.2, 0.25) is 0 Å². The summed E-state index contributed by atoms with van der Waals surface area (Å²) in [5.41, 5.74) is -0.109. The van der Waals surface area contributed by atoms with Crippen molar-refractivity contribution in [2.75, 3.05) is 12.0 Å². The van der Waals surface area contributed by atoms with Gasteiger partial charge in [0.2, 0.25) is 11.8 Å². The predicted octanol–water partition coefficient (Wildman–Crippen LogP) is 2.16. The predicted molar refractivity (Wildman–Crippen MR) is 105 cm³/mol. The summed E-state index contributed by atoms with van der Waals surface area (Å²) in [5.74, 6) is -2.87. The highest BCUT2D eigenvalue weighted by atomic mass is 16.5. The molecule has 0 unspecified atom stereocenters. The van der Waals surface area contributed by atoms with Crippen LogP contribution in [-0.4, -0.2) is 35.5 Å². The van der Waals surface area contributed by atoms with Crippen LogP contribution in [0.4, 0.5) is 5.69 Å². The Morgan fingerprint density at radius 2 is 1.76 bits per heavy atom. The molecule has 0 aliphatic carbocycles. The Morgan fingerprint density at radius 3 is 2.34 bits per heavy atom. The first-order valence-electron chi connectivity index (χ1n) is 9.52. The van der Waals surface area contributed by atoms with E-state index in [-0.39, 0.29) is 18.1 Å². The number of methoxy groups -OCH3 is 1. The molecular weight excluding hydrogens is 372 g/mol. The highest BCUT2D eigenvalue weighted by Crippen LogP contribution is 2.51. The summed E-state index contributed by atoms with van der Waals surface area (Å²) < 4.78 is 5.04. The number of carbonyl (C=O) groups excluding carboxylic acids is 3. The van der Waals surface area contributed by atoms with E-state index in [0.717, 1.165) is 0 Å². The minimum absolute atomic E-state index is 0.0951. The van der Waals surface area contributed by atoms with Crippen LogP contribution < -0.4 is 10.2 Å². The fourth-order valence-electron chi connectivity index (χ4n) is 4.64. The number of para-hydroxylation sites is 1. The highest BCUT2D eigenvalue weighted by molar-refractivity contribution is 6.24. The van der Waals surface area contributed by atoms with E-state index in [1.165, 1.54) is 24.1 Å². The molecule has 2 aromatic carbocycles. The molecule has 150 valence electrons. The van der Waals surface area contributed by atoms with Gasteiger partial charge in [-0.05, 0) is 36.2 Å². The molecule has 29 heavy (non-hydrogen) atoms. The molecule has 2 saturated heterocycles. The van der Waals surface area contributed by atoms with Gasteiger partial charge in [-0.1, -0.05) is 37.3 Å². The Labute approximate surface area is 168 Å². The van der Waals surface area contributed by atoms with Crippen LogP contribution in [0.25, 0.3) is 0 Å². The van der Waals surface area contributed by atoms with Crippen molar-refractivity contribution in [2.45, 2.75) is 24.9 Å². The molecular formula is C22H22N2O5. The molecule has 0 spiro atoms. The molecule has 2 N–H and O–H groups in total. The number of hydrogen-bond donors (Lipinski definition) is 2. The van der Waals surface area contributed by atoms with Crippen LogP contribution in [-0.2, 0) is 19.1 Å². The zero-order chi connectivity index (χ0) is 20.8. The fourth-order valence-corrected chi connectivity index (χ4v) is 4.64. The number of esters is 1. The van der Waals surface area contributed by atoms with E-state index >= 15 is 0 Å². The van der Waals surface area contributed by atoms with Crippen molar-refractivity contribution in [3.8, 4) is 5.75 Å². The van der Waals surface area contributed by atoms with Gasteiger partial charge in [0.05, 0.1) is 24.6 Å². The first-order chi connectivity index (χ1) is 13.9. The van der Waals surface area contributed by atoms with Gasteiger partial charge in [0.1, 0.15) is 11.3 Å². The van der Waals surface area contributed by atoms with Gasteiger partial charge < -0.3 is 9.84 Å². The van der Waals surface area contributed by atoms with Crippen molar-refractivity contribution in [1.82, 2.24) is 5.32 Å². The average molecular weight is 394 g/mol. The van der Waals surface area contributed by atoms with Gasteiger partial charge in [-0.15, -0.1) is 0 Å². The second kappa shape index (κ2) is 7.00. The molecule has 0 bridgehead atoms. The lowest BCUT2D eigenvalue weighted by atomic mass is 9.78. The summed E-state index contributed by atoms with van der Waals surface area (Å²) in [7, 11) is 1.28. The standard InChI is InChI=1S/C22H22N2O5/c1-3-22(21(28)29-2)17-16(18(23-22)13-9-11-15(25)12-10-13)19(26)24(20(17)27)14-7-5-4-6-8-14/h4-12,16-18,23,25H,3H2,1-2H3/t16-,17-,18-,22-/m0/s1. The minimum Gasteiger partial charge on any atom is -0.508 e. The van der Waals surface area contributed by atoms with Crippen LogP contribution in [0.15, 0.2) is 54.6 Å². The highest BCUT2D eigenvalue weighted by Gasteiger charge is 2.68. The average Bonchev–Trinajstić information content (AvgIpc) is 3.23. The number of amides is 2. The quantitative estimate of drug-likeness (QED) is 0.610. The lowest BCUT2D eigenvalue weighted by Gasteiger charge is -2.31. The van der Waals surface area contributed by atoms with Crippen molar-refractivity contribution < 1.29 is 24.2 Å². The fraction of sp³-hybridized carbons (Fsp3) is 0.318. The normalized spacial score (nSPS) is 28.5. The van der Waals surface area contributed by atoms with Crippen molar-refractivity contribution in [3.05, 3.63) is 60.2 Å². The third-order valence-electron chi connectivity index (χ3n) is 6.03. The number of carbonyl (C=O) groups is 3. The minimum atomic E-state index is -1.31. The molecule has 4 atom stereocenters. The number of phenols is 1. The number of benzene rings is 2. The van der Waals surface area contributed by atoms with Crippen LogP contribution in [0.5, 0.6) is 5.75 Å². The van der Waals surface area contributed by atoms with Gasteiger partial charge in [0, 0.05) is 6.04 Å². The number of nitrogens with one attached hydrogen (secondary N) is 1. The summed E-state index contributed by atoms with van der Waals surface area (Å²) in [6, 6.07) is 14.6. The number of nitrogens with zero attached hydrogens (tertiary/aromatic N) is 1. The number of ether oxygens (including phenoxy) is 1. The van der Waals surface area contributed by atoms with E-state index in [0.29, 0.717) is 11.3 Å². The Balaban J connectivity index is 1.85. The maximum atomic E-state index is 13.4. The molecule has 0 radical (unpaired) electrons. The van der Waals surface area contributed by atoms with Gasteiger partial charge in [-0.25, -0.2) is 4.90 Å². The summed E-state index contributed by atoms with van der Waals surface area (Å²) in [6.07, 6.45) is 0.289. The molecule has 2 aliphatic heterocycles. The van der Waals surface area contributed by atoms with Crippen molar-refractivity contribution in [1.29, 1.82) is 0 Å². The maximum absolute atomic E-state index is 13.4. The van der Waals surface area contributed by atoms with Crippen molar-refractivity contribution >= 4 is 23.5 Å². The first kappa shape index (κ1) is 19.1. The number of hydrogen-bond acceptors (Lipinski definition) is 6. The largest absolute Gasteiger partial charge is 0.508 e. The summed E-state index contributed by atoms with van der Waals surface area (Å²) in [4.78, 5) is 40.9. The summed E-state index contributed by atoms with van der Waals surface area (Å²) >= 11 is 0. The summed E-state index contributed by atoms with van der Waals surface area (Å²) in [5, 5.41) is 12.9. The van der Waals surface area contributed by atoms with Gasteiger partial charge in [-0.3, -0.25) is 19.7 Å². The van der Waals surface area contributed by atoms with Crippen LogP contribution >= 0.6 is 0 Å². The lowest BCUT2D eigenvalue weighted by Crippen LogP contribution is -2.55. The molecule has 2 heterocycles. The van der Waals surface area contributed by atoms with Gasteiger partial charge >= 0.3 is 5.97 Å². The van der Waals surface area contributed by atoms with Crippen LogP contribution in [0, 0.1) is 11.8 Å². The molecule has 7 nitrogen and oxygen atoms in total. The Hall–Kier alpha value is -3.19. The SMILES string of the molecule is CC[C@]1(C(=O)OC)N[C@@H](c2ccc(O)cc2)[C@H]2C(=O)N(c3ccccc3)C(=O)[C@H]21. The molecule has 2 amide bonds. The van der Waals surface area contributed by atoms with E-state index < -0.39 is 35.3 Å². The Kier molecular flexibility index (Phi) is 4.62.